The molecule has 2 amide bonds. The number of hydrogen-bond acceptors (Lipinski definition) is 3. The van der Waals surface area contributed by atoms with Gasteiger partial charge in [-0.1, -0.05) is 13.8 Å². The van der Waals surface area contributed by atoms with Gasteiger partial charge in [-0.05, 0) is 18.9 Å². The summed E-state index contributed by atoms with van der Waals surface area (Å²) in [6.45, 7) is 10.3. The van der Waals surface area contributed by atoms with E-state index in [-0.39, 0.29) is 17.2 Å². The van der Waals surface area contributed by atoms with Crippen molar-refractivity contribution < 1.29 is 9.59 Å². The molecule has 0 aliphatic carbocycles. The van der Waals surface area contributed by atoms with Crippen molar-refractivity contribution in [2.75, 3.05) is 39.3 Å². The van der Waals surface area contributed by atoms with Crippen LogP contribution in [0.1, 0.15) is 27.2 Å². The average molecular weight is 267 g/mol. The van der Waals surface area contributed by atoms with E-state index in [1.54, 1.807) is 6.92 Å². The quantitative estimate of drug-likeness (QED) is 0.783. The van der Waals surface area contributed by atoms with E-state index in [4.69, 9.17) is 0 Å². The highest BCUT2D eigenvalue weighted by atomic mass is 16.2. The lowest BCUT2D eigenvalue weighted by Gasteiger charge is -2.41. The number of rotatable bonds is 2. The van der Waals surface area contributed by atoms with Crippen molar-refractivity contribution in [2.45, 2.75) is 27.2 Å². The molecule has 0 saturated carbocycles. The summed E-state index contributed by atoms with van der Waals surface area (Å²) in [6.07, 6.45) is 0.927. The number of piperazine rings is 1. The van der Waals surface area contributed by atoms with E-state index in [9.17, 15) is 9.59 Å². The highest BCUT2D eigenvalue weighted by Gasteiger charge is 2.46. The number of carbonyl (C=O) groups is 2. The van der Waals surface area contributed by atoms with Crippen LogP contribution in [-0.4, -0.2) is 60.9 Å². The second-order valence-electron chi connectivity index (χ2n) is 6.04. The molecule has 0 aromatic heterocycles. The first-order valence-electron chi connectivity index (χ1n) is 7.23. The number of amides is 2. The van der Waals surface area contributed by atoms with Gasteiger partial charge in [0.15, 0.2) is 0 Å². The maximum Gasteiger partial charge on any atom is 0.230 e. The zero-order valence-corrected chi connectivity index (χ0v) is 12.2. The molecule has 0 radical (unpaired) electrons. The fraction of sp³-hybridized carbons (Fsp3) is 0.857. The normalized spacial score (nSPS) is 28.0. The highest BCUT2D eigenvalue weighted by molar-refractivity contribution is 5.84. The smallest absolute Gasteiger partial charge is 0.230 e. The summed E-state index contributed by atoms with van der Waals surface area (Å²) in [5.74, 6) is 0.727. The van der Waals surface area contributed by atoms with Crippen molar-refractivity contribution in [1.29, 1.82) is 0 Å². The van der Waals surface area contributed by atoms with Gasteiger partial charge < -0.3 is 15.1 Å². The van der Waals surface area contributed by atoms with E-state index < -0.39 is 0 Å². The predicted molar refractivity (Wildman–Crippen MR) is 73.6 cm³/mol. The van der Waals surface area contributed by atoms with Crippen LogP contribution in [0, 0.1) is 11.3 Å². The van der Waals surface area contributed by atoms with Gasteiger partial charge in [-0.2, -0.15) is 0 Å². The third-order valence-corrected chi connectivity index (χ3v) is 4.73. The van der Waals surface area contributed by atoms with Gasteiger partial charge in [-0.3, -0.25) is 9.59 Å². The minimum absolute atomic E-state index is 0.105. The van der Waals surface area contributed by atoms with Crippen LogP contribution in [0.5, 0.6) is 0 Å². The fourth-order valence-electron chi connectivity index (χ4n) is 3.17. The Labute approximate surface area is 115 Å². The average Bonchev–Trinajstić information content (AvgIpc) is 2.88. The Kier molecular flexibility index (Phi) is 4.13. The van der Waals surface area contributed by atoms with Gasteiger partial charge in [0.05, 0.1) is 5.41 Å². The monoisotopic (exact) mass is 267 g/mol. The topological polar surface area (TPSA) is 52.7 Å². The Hall–Kier alpha value is -1.10. The molecule has 1 N–H and O–H groups in total. The minimum atomic E-state index is -0.238. The van der Waals surface area contributed by atoms with E-state index >= 15 is 0 Å². The van der Waals surface area contributed by atoms with Gasteiger partial charge in [0.2, 0.25) is 11.8 Å². The number of carbonyl (C=O) groups excluding carboxylic acids is 2. The Bertz CT molecular complexity index is 354. The summed E-state index contributed by atoms with van der Waals surface area (Å²) in [5, 5.41) is 3.33. The highest BCUT2D eigenvalue weighted by Crippen LogP contribution is 2.36. The summed E-state index contributed by atoms with van der Waals surface area (Å²) >= 11 is 0. The molecule has 0 spiro atoms. The second-order valence-corrected chi connectivity index (χ2v) is 6.04. The number of hydrogen-bond donors (Lipinski definition) is 1. The van der Waals surface area contributed by atoms with E-state index in [0.717, 1.165) is 19.5 Å². The summed E-state index contributed by atoms with van der Waals surface area (Å²) in [7, 11) is 0. The first-order valence-corrected chi connectivity index (χ1v) is 7.23. The maximum absolute atomic E-state index is 12.8. The zero-order valence-electron chi connectivity index (χ0n) is 12.2. The van der Waals surface area contributed by atoms with Gasteiger partial charge in [-0.25, -0.2) is 0 Å². The Morgan fingerprint density at radius 2 is 1.68 bits per heavy atom. The Morgan fingerprint density at radius 3 is 2.11 bits per heavy atom. The molecule has 19 heavy (non-hydrogen) atoms. The van der Waals surface area contributed by atoms with Gasteiger partial charge in [0, 0.05) is 39.6 Å². The van der Waals surface area contributed by atoms with E-state index in [2.05, 4.69) is 19.2 Å². The first-order chi connectivity index (χ1) is 8.97. The standard InChI is InChI=1S/C14H25N3O2/c1-11(2)14(4-5-15-10-14)13(19)17-8-6-16(7-9-17)12(3)18/h11,15H,4-10H2,1-3H3. The van der Waals surface area contributed by atoms with Crippen LogP contribution < -0.4 is 5.32 Å². The van der Waals surface area contributed by atoms with Crippen molar-refractivity contribution in [3.05, 3.63) is 0 Å². The zero-order chi connectivity index (χ0) is 14.0. The van der Waals surface area contributed by atoms with Gasteiger partial charge in [0.25, 0.3) is 0 Å². The molecular formula is C14H25N3O2. The van der Waals surface area contributed by atoms with Crippen molar-refractivity contribution in [1.82, 2.24) is 15.1 Å². The van der Waals surface area contributed by atoms with E-state index in [1.807, 2.05) is 9.80 Å². The first kappa shape index (κ1) is 14.3. The molecule has 0 aromatic carbocycles. The molecule has 2 aliphatic heterocycles. The lowest BCUT2D eigenvalue weighted by molar-refractivity contribution is -0.148. The summed E-state index contributed by atoms with van der Waals surface area (Å²) < 4.78 is 0. The minimum Gasteiger partial charge on any atom is -0.339 e. The molecule has 5 nitrogen and oxygen atoms in total. The van der Waals surface area contributed by atoms with Crippen LogP contribution in [-0.2, 0) is 9.59 Å². The van der Waals surface area contributed by atoms with Crippen molar-refractivity contribution >= 4 is 11.8 Å². The maximum atomic E-state index is 12.8. The third-order valence-electron chi connectivity index (χ3n) is 4.73. The van der Waals surface area contributed by atoms with Gasteiger partial charge in [-0.15, -0.1) is 0 Å². The molecule has 2 rings (SSSR count). The lowest BCUT2D eigenvalue weighted by atomic mass is 9.75. The van der Waals surface area contributed by atoms with Crippen LogP contribution in [0.15, 0.2) is 0 Å². The largest absolute Gasteiger partial charge is 0.339 e. The molecule has 108 valence electrons. The SMILES string of the molecule is CC(=O)N1CCN(C(=O)C2(C(C)C)CCNC2)CC1. The molecule has 2 fully saturated rings. The van der Waals surface area contributed by atoms with Crippen molar-refractivity contribution in [3.8, 4) is 0 Å². The fourth-order valence-corrected chi connectivity index (χ4v) is 3.17. The lowest BCUT2D eigenvalue weighted by Crippen LogP contribution is -2.55. The second kappa shape index (κ2) is 5.49. The molecule has 2 saturated heterocycles. The molecule has 2 aliphatic rings. The Morgan fingerprint density at radius 1 is 1.11 bits per heavy atom. The molecule has 1 atom stereocenters. The van der Waals surface area contributed by atoms with Crippen LogP contribution >= 0.6 is 0 Å². The molecule has 2 heterocycles. The van der Waals surface area contributed by atoms with Crippen LogP contribution in [0.3, 0.4) is 0 Å². The molecule has 0 bridgehead atoms. The van der Waals surface area contributed by atoms with Crippen LogP contribution in [0.2, 0.25) is 0 Å². The van der Waals surface area contributed by atoms with Gasteiger partial charge >= 0.3 is 0 Å². The molecule has 1 unspecified atom stereocenters. The number of nitrogens with one attached hydrogen (secondary N) is 1. The summed E-state index contributed by atoms with van der Waals surface area (Å²) in [6, 6.07) is 0. The van der Waals surface area contributed by atoms with Crippen molar-refractivity contribution in [3.63, 3.8) is 0 Å². The molecular weight excluding hydrogens is 242 g/mol. The Balaban J connectivity index is 2.02. The molecule has 5 heteroatoms. The summed E-state index contributed by atoms with van der Waals surface area (Å²) in [5.41, 5.74) is -0.238. The van der Waals surface area contributed by atoms with E-state index in [0.29, 0.717) is 32.1 Å². The molecule has 0 aromatic rings. The van der Waals surface area contributed by atoms with Gasteiger partial charge in [0.1, 0.15) is 0 Å². The summed E-state index contributed by atoms with van der Waals surface area (Å²) in [4.78, 5) is 27.9. The third kappa shape index (κ3) is 2.61. The van der Waals surface area contributed by atoms with E-state index in [1.165, 1.54) is 0 Å². The number of nitrogens with zero attached hydrogens (tertiary/aromatic N) is 2. The van der Waals surface area contributed by atoms with Crippen LogP contribution in [0.4, 0.5) is 0 Å². The van der Waals surface area contributed by atoms with Crippen molar-refractivity contribution in [2.24, 2.45) is 11.3 Å². The predicted octanol–water partition coefficient (Wildman–Crippen LogP) is 0.313. The van der Waals surface area contributed by atoms with Crippen LogP contribution in [0.25, 0.3) is 0 Å².